The molecule has 164 valence electrons. The van der Waals surface area contributed by atoms with Gasteiger partial charge in [-0.05, 0) is 55.7 Å². The largest absolute Gasteiger partial charge is 0.467 e. The number of fused-ring (bicyclic) bond motifs is 2. The Morgan fingerprint density at radius 3 is 2.47 bits per heavy atom. The summed E-state index contributed by atoms with van der Waals surface area (Å²) in [5.41, 5.74) is 2.69. The predicted octanol–water partition coefficient (Wildman–Crippen LogP) is 4.47. The molecule has 1 unspecified atom stereocenters. The smallest absolute Gasteiger partial charge is 0.328 e. The maximum absolute atomic E-state index is 12.8. The molecule has 32 heavy (non-hydrogen) atoms. The lowest BCUT2D eigenvalue weighted by atomic mass is 10.0. The van der Waals surface area contributed by atoms with Crippen molar-refractivity contribution in [3.05, 3.63) is 75.7 Å². The van der Waals surface area contributed by atoms with Crippen molar-refractivity contribution in [2.75, 3.05) is 12.4 Å². The Morgan fingerprint density at radius 2 is 1.75 bits per heavy atom. The molecule has 7 nitrogen and oxygen atoms in total. The highest BCUT2D eigenvalue weighted by molar-refractivity contribution is 5.85. The van der Waals surface area contributed by atoms with E-state index in [4.69, 9.17) is 4.74 Å². The minimum atomic E-state index is -0.810. The number of carbonyl (C=O) groups is 1. The molecule has 0 amide bonds. The Kier molecular flexibility index (Phi) is 5.65. The van der Waals surface area contributed by atoms with E-state index < -0.39 is 12.0 Å². The fourth-order valence-corrected chi connectivity index (χ4v) is 4.09. The van der Waals surface area contributed by atoms with Crippen LogP contribution in [-0.4, -0.2) is 27.6 Å². The molecule has 7 heteroatoms. The molecule has 0 spiro atoms. The third kappa shape index (κ3) is 3.82. The molecule has 0 saturated heterocycles. The lowest BCUT2D eigenvalue weighted by molar-refractivity contribution is -0.144. The third-order valence-electron chi connectivity index (χ3n) is 5.82. The number of pyridine rings is 1. The van der Waals surface area contributed by atoms with Gasteiger partial charge in [0.1, 0.15) is 11.7 Å². The second kappa shape index (κ2) is 8.42. The van der Waals surface area contributed by atoms with Crippen molar-refractivity contribution in [3.8, 4) is 0 Å². The van der Waals surface area contributed by atoms with Gasteiger partial charge in [-0.1, -0.05) is 36.4 Å². The first-order valence-corrected chi connectivity index (χ1v) is 10.5. The van der Waals surface area contributed by atoms with Crippen molar-refractivity contribution in [1.29, 1.82) is 0 Å². The van der Waals surface area contributed by atoms with Gasteiger partial charge in [-0.25, -0.2) is 9.78 Å². The summed E-state index contributed by atoms with van der Waals surface area (Å²) in [5, 5.41) is 6.44. The van der Waals surface area contributed by atoms with Crippen molar-refractivity contribution >= 4 is 33.7 Å². The highest BCUT2D eigenvalue weighted by Gasteiger charge is 2.22. The van der Waals surface area contributed by atoms with Gasteiger partial charge in [0.15, 0.2) is 0 Å². The Bertz CT molecular complexity index is 1390. The number of methoxy groups -OCH3 is 1. The first-order valence-electron chi connectivity index (χ1n) is 10.5. The van der Waals surface area contributed by atoms with Crippen LogP contribution < -0.4 is 10.9 Å². The van der Waals surface area contributed by atoms with Crippen LogP contribution in [0.15, 0.2) is 53.3 Å². The van der Waals surface area contributed by atoms with E-state index in [1.807, 2.05) is 32.9 Å². The van der Waals surface area contributed by atoms with Gasteiger partial charge in [-0.2, -0.15) is 4.98 Å². The van der Waals surface area contributed by atoms with Crippen LogP contribution in [0.4, 0.5) is 5.95 Å². The van der Waals surface area contributed by atoms with E-state index in [9.17, 15) is 9.59 Å². The zero-order valence-electron chi connectivity index (χ0n) is 18.8. The summed E-state index contributed by atoms with van der Waals surface area (Å²) in [6.45, 7) is 7.39. The summed E-state index contributed by atoms with van der Waals surface area (Å²) >= 11 is 0. The summed E-state index contributed by atoms with van der Waals surface area (Å²) in [7, 11) is 1.30. The van der Waals surface area contributed by atoms with Gasteiger partial charge < -0.3 is 10.1 Å². The predicted molar refractivity (Wildman–Crippen MR) is 126 cm³/mol. The van der Waals surface area contributed by atoms with Crippen LogP contribution in [-0.2, 0) is 9.53 Å². The second-order valence-electron chi connectivity index (χ2n) is 8.04. The molecular weight excluding hydrogens is 404 g/mol. The molecule has 0 radical (unpaired) electrons. The summed E-state index contributed by atoms with van der Waals surface area (Å²) in [4.78, 5) is 34.3. The number of benzene rings is 2. The number of hydrogen-bond acceptors (Lipinski definition) is 6. The average molecular weight is 431 g/mol. The molecule has 0 aliphatic rings. The van der Waals surface area contributed by atoms with Crippen LogP contribution in [0.3, 0.4) is 0 Å². The number of anilines is 1. The molecular formula is C25H26N4O3. The Hall–Kier alpha value is -3.74. The highest BCUT2D eigenvalue weighted by Crippen LogP contribution is 2.26. The van der Waals surface area contributed by atoms with Crippen LogP contribution in [0.5, 0.6) is 0 Å². The Labute approximate surface area is 186 Å². The quantitative estimate of drug-likeness (QED) is 0.470. The van der Waals surface area contributed by atoms with Gasteiger partial charge in [0.2, 0.25) is 5.95 Å². The number of nitrogens with one attached hydrogen (secondary N) is 1. The van der Waals surface area contributed by atoms with Crippen LogP contribution in [0, 0.1) is 13.8 Å². The molecule has 2 aromatic heterocycles. The van der Waals surface area contributed by atoms with Crippen LogP contribution in [0.2, 0.25) is 0 Å². The lowest BCUT2D eigenvalue weighted by Crippen LogP contribution is -2.30. The van der Waals surface area contributed by atoms with Crippen LogP contribution >= 0.6 is 0 Å². The topological polar surface area (TPSA) is 86.1 Å². The van der Waals surface area contributed by atoms with E-state index >= 15 is 0 Å². The zero-order chi connectivity index (χ0) is 23.0. The van der Waals surface area contributed by atoms with Crippen molar-refractivity contribution in [1.82, 2.24) is 14.5 Å². The molecule has 1 N–H and O–H groups in total. The standard InChI is InChI=1S/C25H26N4O3/c1-14-12-21(30)29(17(4)24(31)32-5)23-22(14)16(3)27-25(28-23)26-15(2)19-11-10-18-8-6-7-9-20(18)13-19/h6-13,15,17H,1-5H3,(H,26,27,28)/t15-,17?/m0/s1. The fourth-order valence-electron chi connectivity index (χ4n) is 4.09. The van der Waals surface area contributed by atoms with E-state index in [1.165, 1.54) is 23.1 Å². The number of hydrogen-bond donors (Lipinski definition) is 1. The SMILES string of the molecule is COC(=O)C(C)n1c(=O)cc(C)c2c(C)nc(N[C@@H](C)c3ccc4ccccc4c3)nc21. The number of esters is 1. The number of rotatable bonds is 5. The van der Waals surface area contributed by atoms with E-state index in [1.54, 1.807) is 6.92 Å². The van der Waals surface area contributed by atoms with Gasteiger partial charge in [-0.15, -0.1) is 0 Å². The molecule has 4 rings (SSSR count). The number of aromatic nitrogens is 3. The number of nitrogens with zero attached hydrogens (tertiary/aromatic N) is 3. The monoisotopic (exact) mass is 430 g/mol. The molecule has 2 atom stereocenters. The molecule has 0 saturated carbocycles. The molecule has 0 aliphatic carbocycles. The fraction of sp³-hybridized carbons (Fsp3) is 0.280. The van der Waals surface area contributed by atoms with Gasteiger partial charge in [-0.3, -0.25) is 9.36 Å². The molecule has 0 bridgehead atoms. The van der Waals surface area contributed by atoms with E-state index in [2.05, 4.69) is 45.6 Å². The van der Waals surface area contributed by atoms with Gasteiger partial charge in [0.25, 0.3) is 5.56 Å². The molecule has 0 aliphatic heterocycles. The minimum Gasteiger partial charge on any atom is -0.467 e. The van der Waals surface area contributed by atoms with Crippen molar-refractivity contribution in [2.24, 2.45) is 0 Å². The minimum absolute atomic E-state index is 0.0699. The molecule has 0 fully saturated rings. The summed E-state index contributed by atoms with van der Waals surface area (Å²) in [5.74, 6) is -0.112. The van der Waals surface area contributed by atoms with Gasteiger partial charge >= 0.3 is 5.97 Å². The van der Waals surface area contributed by atoms with E-state index in [-0.39, 0.29) is 11.6 Å². The van der Waals surface area contributed by atoms with Crippen molar-refractivity contribution in [3.63, 3.8) is 0 Å². The third-order valence-corrected chi connectivity index (χ3v) is 5.82. The summed E-state index contributed by atoms with van der Waals surface area (Å²) in [6, 6.07) is 15.1. The first kappa shape index (κ1) is 21.5. The maximum atomic E-state index is 12.8. The van der Waals surface area contributed by atoms with E-state index in [0.29, 0.717) is 11.6 Å². The normalized spacial score (nSPS) is 13.2. The maximum Gasteiger partial charge on any atom is 0.328 e. The van der Waals surface area contributed by atoms with Crippen LogP contribution in [0.1, 0.15) is 42.8 Å². The number of aryl methyl sites for hydroxylation is 2. The number of ether oxygens (including phenoxy) is 1. The average Bonchev–Trinajstić information content (AvgIpc) is 2.77. The lowest BCUT2D eigenvalue weighted by Gasteiger charge is -2.19. The Balaban J connectivity index is 1.79. The van der Waals surface area contributed by atoms with Gasteiger partial charge in [0.05, 0.1) is 18.8 Å². The highest BCUT2D eigenvalue weighted by atomic mass is 16.5. The van der Waals surface area contributed by atoms with E-state index in [0.717, 1.165) is 27.6 Å². The number of carbonyl (C=O) groups excluding carboxylic acids is 1. The molecule has 2 heterocycles. The zero-order valence-corrected chi connectivity index (χ0v) is 18.8. The Morgan fingerprint density at radius 1 is 1.03 bits per heavy atom. The second-order valence-corrected chi connectivity index (χ2v) is 8.04. The summed E-state index contributed by atoms with van der Waals surface area (Å²) in [6.07, 6.45) is 0. The summed E-state index contributed by atoms with van der Waals surface area (Å²) < 4.78 is 6.23. The van der Waals surface area contributed by atoms with Gasteiger partial charge in [0, 0.05) is 11.5 Å². The first-order chi connectivity index (χ1) is 15.3. The van der Waals surface area contributed by atoms with Crippen molar-refractivity contribution < 1.29 is 9.53 Å². The molecule has 2 aromatic carbocycles. The van der Waals surface area contributed by atoms with Crippen LogP contribution in [0.25, 0.3) is 21.8 Å². The van der Waals surface area contributed by atoms with Crippen molar-refractivity contribution in [2.45, 2.75) is 39.8 Å². The molecule has 4 aromatic rings.